The molecule has 1 atom stereocenters. The first-order valence-electron chi connectivity index (χ1n) is 33.7. The van der Waals surface area contributed by atoms with E-state index in [2.05, 4.69) is 32.9 Å². The molecule has 0 aliphatic rings. The topological polar surface area (TPSA) is 78.9 Å². The number of rotatable bonds is 63. The summed E-state index contributed by atoms with van der Waals surface area (Å²) >= 11 is 0. The van der Waals surface area contributed by atoms with Gasteiger partial charge in [-0.2, -0.15) is 0 Å². The second kappa shape index (κ2) is 63.7. The summed E-state index contributed by atoms with van der Waals surface area (Å²) in [6.45, 7) is 6.71. The van der Waals surface area contributed by atoms with Gasteiger partial charge in [0.2, 0.25) is 0 Å². The molecule has 0 heterocycles. The highest BCUT2D eigenvalue weighted by molar-refractivity contribution is 5.71. The van der Waals surface area contributed by atoms with Crippen LogP contribution in [0.2, 0.25) is 0 Å². The van der Waals surface area contributed by atoms with Crippen molar-refractivity contribution in [2.24, 2.45) is 0 Å². The molecule has 0 bridgehead atoms. The fourth-order valence-electron chi connectivity index (χ4n) is 10.4. The molecule has 0 N–H and O–H groups in total. The minimum Gasteiger partial charge on any atom is -0.462 e. The molecule has 0 saturated carbocycles. The molecule has 0 aromatic rings. The van der Waals surface area contributed by atoms with Crippen LogP contribution in [0.25, 0.3) is 0 Å². The minimum atomic E-state index is -0.770. The van der Waals surface area contributed by atoms with Gasteiger partial charge in [0, 0.05) is 19.3 Å². The Balaban J connectivity index is 4.19. The van der Waals surface area contributed by atoms with Gasteiger partial charge in [-0.1, -0.05) is 335 Å². The van der Waals surface area contributed by atoms with Crippen molar-refractivity contribution in [2.75, 3.05) is 13.2 Å². The number of esters is 3. The number of hydrogen-bond donors (Lipinski definition) is 0. The number of carbonyl (C=O) groups is 3. The Morgan fingerprint density at radius 2 is 0.446 bits per heavy atom. The second-order valence-corrected chi connectivity index (χ2v) is 23.1. The van der Waals surface area contributed by atoms with Gasteiger partial charge in [0.15, 0.2) is 6.10 Å². The van der Waals surface area contributed by atoms with Gasteiger partial charge in [-0.05, 0) is 44.9 Å². The average molecular weight is 1040 g/mol. The Bertz CT molecular complexity index is 1150. The zero-order valence-corrected chi connectivity index (χ0v) is 50.4. The van der Waals surface area contributed by atoms with E-state index in [4.69, 9.17) is 14.2 Å². The van der Waals surface area contributed by atoms with E-state index in [1.165, 1.54) is 283 Å². The summed E-state index contributed by atoms with van der Waals surface area (Å²) in [4.78, 5) is 38.3. The van der Waals surface area contributed by atoms with Crippen molar-refractivity contribution in [1.82, 2.24) is 0 Å². The number of carbonyl (C=O) groups excluding carboxylic acids is 3. The van der Waals surface area contributed by atoms with Gasteiger partial charge in [-0.3, -0.25) is 14.4 Å². The van der Waals surface area contributed by atoms with E-state index in [1.54, 1.807) is 0 Å². The lowest BCUT2D eigenvalue weighted by Gasteiger charge is -2.18. The molecule has 6 heteroatoms. The minimum absolute atomic E-state index is 0.0668. The van der Waals surface area contributed by atoms with Gasteiger partial charge in [-0.15, -0.1) is 0 Å². The molecule has 0 spiro atoms. The molecule has 0 saturated heterocycles. The summed E-state index contributed by atoms with van der Waals surface area (Å²) in [5, 5.41) is 0. The molecule has 0 rings (SSSR count). The zero-order chi connectivity index (χ0) is 53.6. The summed E-state index contributed by atoms with van der Waals surface area (Å²) in [5.74, 6) is -0.843. The quantitative estimate of drug-likeness (QED) is 0.0261. The Kier molecular flexibility index (Phi) is 62.1. The number of ether oxygens (including phenoxy) is 3. The van der Waals surface area contributed by atoms with Crippen LogP contribution in [0.15, 0.2) is 12.2 Å². The molecule has 74 heavy (non-hydrogen) atoms. The highest BCUT2D eigenvalue weighted by Crippen LogP contribution is 2.19. The van der Waals surface area contributed by atoms with Gasteiger partial charge in [0.05, 0.1) is 0 Å². The Morgan fingerprint density at radius 3 is 0.676 bits per heavy atom. The van der Waals surface area contributed by atoms with Crippen molar-refractivity contribution in [3.8, 4) is 0 Å². The van der Waals surface area contributed by atoms with Gasteiger partial charge in [-0.25, -0.2) is 0 Å². The summed E-state index contributed by atoms with van der Waals surface area (Å²) < 4.78 is 17.0. The number of hydrogen-bond acceptors (Lipinski definition) is 6. The molecule has 0 radical (unpaired) electrons. The van der Waals surface area contributed by atoms with E-state index in [0.717, 1.165) is 64.2 Å². The number of unbranched alkanes of at least 4 members (excludes halogenated alkanes) is 50. The van der Waals surface area contributed by atoms with Crippen LogP contribution in [-0.4, -0.2) is 37.2 Å². The van der Waals surface area contributed by atoms with Crippen LogP contribution in [0.1, 0.15) is 387 Å². The third-order valence-corrected chi connectivity index (χ3v) is 15.5. The van der Waals surface area contributed by atoms with Gasteiger partial charge in [0.25, 0.3) is 0 Å². The molecular formula is C68H130O6. The molecule has 0 aliphatic heterocycles. The van der Waals surface area contributed by atoms with Crippen molar-refractivity contribution in [2.45, 2.75) is 393 Å². The fourth-order valence-corrected chi connectivity index (χ4v) is 10.4. The molecular weight excluding hydrogens is 913 g/mol. The normalized spacial score (nSPS) is 12.0. The van der Waals surface area contributed by atoms with Crippen LogP contribution in [-0.2, 0) is 28.6 Å². The predicted molar refractivity (Wildman–Crippen MR) is 321 cm³/mol. The van der Waals surface area contributed by atoms with E-state index in [-0.39, 0.29) is 31.1 Å². The first-order chi connectivity index (χ1) is 36.5. The average Bonchev–Trinajstić information content (AvgIpc) is 3.40. The van der Waals surface area contributed by atoms with Crippen molar-refractivity contribution < 1.29 is 28.6 Å². The van der Waals surface area contributed by atoms with Gasteiger partial charge in [0.1, 0.15) is 13.2 Å². The molecule has 6 nitrogen and oxygen atoms in total. The van der Waals surface area contributed by atoms with Crippen LogP contribution in [0, 0.1) is 0 Å². The maximum atomic E-state index is 12.9. The smallest absolute Gasteiger partial charge is 0.306 e. The lowest BCUT2D eigenvalue weighted by molar-refractivity contribution is -0.167. The highest BCUT2D eigenvalue weighted by atomic mass is 16.6. The van der Waals surface area contributed by atoms with Crippen LogP contribution in [0.4, 0.5) is 0 Å². The monoisotopic (exact) mass is 1040 g/mol. The van der Waals surface area contributed by atoms with Gasteiger partial charge < -0.3 is 14.2 Å². The first-order valence-corrected chi connectivity index (χ1v) is 33.7. The third kappa shape index (κ3) is 61.0. The van der Waals surface area contributed by atoms with Crippen LogP contribution < -0.4 is 0 Å². The molecule has 438 valence electrons. The van der Waals surface area contributed by atoms with Crippen molar-refractivity contribution in [3.05, 3.63) is 12.2 Å². The molecule has 0 aromatic carbocycles. The van der Waals surface area contributed by atoms with Crippen LogP contribution in [0.5, 0.6) is 0 Å². The molecule has 0 amide bonds. The molecule has 0 aromatic heterocycles. The Hall–Kier alpha value is -1.85. The SMILES string of the molecule is CCCCCCCC/C=C\CCCCCCCC(=O)OC(COC(=O)CCCCCCCCCCCCCCCCC)COC(=O)CCCCCCCCCCCCCCCCCCCCCCCCCCCC. The summed E-state index contributed by atoms with van der Waals surface area (Å²) in [7, 11) is 0. The Labute approximate surface area is 462 Å². The van der Waals surface area contributed by atoms with E-state index < -0.39 is 6.10 Å². The summed E-state index contributed by atoms with van der Waals surface area (Å²) in [5.41, 5.74) is 0. The van der Waals surface area contributed by atoms with E-state index in [9.17, 15) is 14.4 Å². The van der Waals surface area contributed by atoms with E-state index in [0.29, 0.717) is 19.3 Å². The van der Waals surface area contributed by atoms with E-state index in [1.807, 2.05) is 0 Å². The summed E-state index contributed by atoms with van der Waals surface area (Å²) in [6.07, 6.45) is 75.2. The fraction of sp³-hybridized carbons (Fsp3) is 0.926. The number of allylic oxidation sites excluding steroid dienone is 2. The predicted octanol–water partition coefficient (Wildman–Crippen LogP) is 22.8. The Morgan fingerprint density at radius 1 is 0.257 bits per heavy atom. The lowest BCUT2D eigenvalue weighted by Crippen LogP contribution is -2.30. The third-order valence-electron chi connectivity index (χ3n) is 15.5. The molecule has 0 fully saturated rings. The lowest BCUT2D eigenvalue weighted by atomic mass is 10.0. The van der Waals surface area contributed by atoms with Crippen molar-refractivity contribution in [3.63, 3.8) is 0 Å². The summed E-state index contributed by atoms with van der Waals surface area (Å²) in [6, 6.07) is 0. The van der Waals surface area contributed by atoms with Gasteiger partial charge >= 0.3 is 17.9 Å². The van der Waals surface area contributed by atoms with Crippen molar-refractivity contribution in [1.29, 1.82) is 0 Å². The maximum absolute atomic E-state index is 12.9. The van der Waals surface area contributed by atoms with Crippen molar-refractivity contribution >= 4 is 17.9 Å². The van der Waals surface area contributed by atoms with Crippen LogP contribution in [0.3, 0.4) is 0 Å². The first kappa shape index (κ1) is 72.2. The second-order valence-electron chi connectivity index (χ2n) is 23.1. The zero-order valence-electron chi connectivity index (χ0n) is 50.4. The maximum Gasteiger partial charge on any atom is 0.306 e. The molecule has 1 unspecified atom stereocenters. The van der Waals surface area contributed by atoms with Crippen LogP contribution >= 0.6 is 0 Å². The molecule has 0 aliphatic carbocycles. The largest absolute Gasteiger partial charge is 0.462 e. The standard InChI is InChI=1S/C68H130O6/c1-4-7-10-13-16-19-22-25-28-29-30-31-32-33-34-35-36-37-38-41-43-46-49-52-55-58-61-67(70)73-64-65(74-68(71)62-59-56-53-50-47-44-40-27-24-21-18-15-12-9-6-3)63-72-66(69)60-57-54-51-48-45-42-39-26-23-20-17-14-11-8-5-2/h27,40,65H,4-26,28-39,41-64H2,1-3H3/b40-27-. The highest BCUT2D eigenvalue weighted by Gasteiger charge is 2.19. The van der Waals surface area contributed by atoms with E-state index >= 15 is 0 Å².